The van der Waals surface area contributed by atoms with Gasteiger partial charge in [0.15, 0.2) is 0 Å². The van der Waals surface area contributed by atoms with E-state index in [-0.39, 0.29) is 11.6 Å². The van der Waals surface area contributed by atoms with Crippen LogP contribution in [0.15, 0.2) is 21.6 Å². The van der Waals surface area contributed by atoms with Crippen molar-refractivity contribution in [2.45, 2.75) is 37.5 Å². The first-order valence-corrected chi connectivity index (χ1v) is 8.40. The van der Waals surface area contributed by atoms with Crippen LogP contribution in [0.2, 0.25) is 0 Å². The highest BCUT2D eigenvalue weighted by Crippen LogP contribution is 2.13. The number of aliphatic hydroxyl groups excluding tert-OH is 1. The molecule has 1 atom stereocenters. The number of aliphatic hydroxyl groups is 1. The molecule has 0 saturated carbocycles. The Balaban J connectivity index is 2.42. The van der Waals surface area contributed by atoms with E-state index in [1.54, 1.807) is 20.1 Å². The first kappa shape index (κ1) is 18.1. The number of hydrogen-bond donors (Lipinski definition) is 3. The molecule has 0 bridgehead atoms. The molecule has 1 heterocycles. The minimum Gasteiger partial charge on any atom is -0.447 e. The summed E-state index contributed by atoms with van der Waals surface area (Å²) in [5, 5.41) is 12.1. The van der Waals surface area contributed by atoms with Crippen LogP contribution in [0.25, 0.3) is 0 Å². The van der Waals surface area contributed by atoms with Gasteiger partial charge in [0.25, 0.3) is 10.0 Å². The summed E-state index contributed by atoms with van der Waals surface area (Å²) >= 11 is 0. The minimum atomic E-state index is -3.62. The van der Waals surface area contributed by atoms with Crippen molar-refractivity contribution in [3.63, 3.8) is 0 Å². The number of sulfonamides is 1. The van der Waals surface area contributed by atoms with E-state index >= 15 is 0 Å². The lowest BCUT2D eigenvalue weighted by Gasteiger charge is -2.06. The second-order valence-electron chi connectivity index (χ2n) is 4.78. The number of hydrogen-bond acceptors (Lipinski definition) is 6. The maximum absolute atomic E-state index is 12.0. The molecule has 0 aliphatic carbocycles. The summed E-state index contributed by atoms with van der Waals surface area (Å²) in [6, 6.07) is 3.06. The van der Waals surface area contributed by atoms with Gasteiger partial charge in [0.1, 0.15) is 5.76 Å². The average Bonchev–Trinajstić information content (AvgIpc) is 2.89. The normalized spacial score (nSPS) is 13.5. The minimum absolute atomic E-state index is 0.0944. The lowest BCUT2D eigenvalue weighted by Crippen LogP contribution is -2.25. The molecule has 0 saturated heterocycles. The number of ether oxygens (including phenoxy) is 1. The molecule has 3 N–H and O–H groups in total. The van der Waals surface area contributed by atoms with Gasteiger partial charge >= 0.3 is 0 Å². The van der Waals surface area contributed by atoms with E-state index in [1.807, 2.05) is 0 Å². The molecule has 8 heteroatoms. The molecule has 0 aliphatic heterocycles. The fourth-order valence-electron chi connectivity index (χ4n) is 1.66. The molecule has 122 valence electrons. The second kappa shape index (κ2) is 9.16. The molecular weight excluding hydrogens is 296 g/mol. The number of methoxy groups -OCH3 is 1. The predicted octanol–water partition coefficient (Wildman–Crippen LogP) is 0.455. The zero-order chi connectivity index (χ0) is 15.7. The Labute approximate surface area is 125 Å². The summed E-state index contributed by atoms with van der Waals surface area (Å²) in [6.45, 7) is 3.63. The average molecular weight is 320 g/mol. The van der Waals surface area contributed by atoms with Gasteiger partial charge in [0, 0.05) is 20.2 Å². The Morgan fingerprint density at radius 2 is 2.14 bits per heavy atom. The highest BCUT2D eigenvalue weighted by Gasteiger charge is 2.18. The number of nitrogens with one attached hydrogen (secondary N) is 2. The highest BCUT2D eigenvalue weighted by molar-refractivity contribution is 7.89. The van der Waals surface area contributed by atoms with Gasteiger partial charge in [0.05, 0.1) is 19.3 Å². The Kier molecular flexibility index (Phi) is 7.91. The summed E-state index contributed by atoms with van der Waals surface area (Å²) in [6.07, 6.45) is 0.696. The number of rotatable bonds is 11. The van der Waals surface area contributed by atoms with Crippen molar-refractivity contribution in [3.8, 4) is 0 Å². The number of furan rings is 1. The molecule has 1 aromatic rings. The van der Waals surface area contributed by atoms with Gasteiger partial charge in [-0.1, -0.05) is 0 Å². The van der Waals surface area contributed by atoms with E-state index in [0.29, 0.717) is 38.3 Å². The van der Waals surface area contributed by atoms with Crippen LogP contribution in [0.4, 0.5) is 0 Å². The quantitative estimate of drug-likeness (QED) is 0.512. The van der Waals surface area contributed by atoms with Crippen molar-refractivity contribution in [1.82, 2.24) is 10.0 Å². The Hall–Kier alpha value is -0.930. The fraction of sp³-hybridized carbons (Fsp3) is 0.692. The predicted molar refractivity (Wildman–Crippen MR) is 78.4 cm³/mol. The van der Waals surface area contributed by atoms with Crippen molar-refractivity contribution >= 4 is 10.0 Å². The monoisotopic (exact) mass is 320 g/mol. The molecule has 0 spiro atoms. The van der Waals surface area contributed by atoms with Crippen LogP contribution in [-0.4, -0.2) is 46.4 Å². The first-order chi connectivity index (χ1) is 9.95. The fourth-order valence-corrected chi connectivity index (χ4v) is 2.68. The van der Waals surface area contributed by atoms with Crippen molar-refractivity contribution in [3.05, 3.63) is 17.9 Å². The summed E-state index contributed by atoms with van der Waals surface area (Å²) in [5.74, 6) is 0.551. The summed E-state index contributed by atoms with van der Waals surface area (Å²) < 4.78 is 36.6. The summed E-state index contributed by atoms with van der Waals surface area (Å²) in [5.41, 5.74) is 0. The van der Waals surface area contributed by atoms with Crippen molar-refractivity contribution < 1.29 is 22.7 Å². The molecule has 7 nitrogen and oxygen atoms in total. The zero-order valence-electron chi connectivity index (χ0n) is 12.5. The van der Waals surface area contributed by atoms with Crippen LogP contribution < -0.4 is 10.0 Å². The van der Waals surface area contributed by atoms with Crippen molar-refractivity contribution in [2.24, 2.45) is 0 Å². The van der Waals surface area contributed by atoms with E-state index in [2.05, 4.69) is 10.0 Å². The molecule has 0 amide bonds. The van der Waals surface area contributed by atoms with Gasteiger partial charge in [-0.2, -0.15) is 0 Å². The third kappa shape index (κ3) is 7.05. The van der Waals surface area contributed by atoms with Crippen LogP contribution in [0.3, 0.4) is 0 Å². The molecule has 0 aliphatic rings. The van der Waals surface area contributed by atoms with Gasteiger partial charge in [-0.05, 0) is 31.9 Å². The topological polar surface area (TPSA) is 101 Å². The first-order valence-electron chi connectivity index (χ1n) is 6.92. The van der Waals surface area contributed by atoms with Crippen LogP contribution in [0.1, 0.15) is 25.5 Å². The van der Waals surface area contributed by atoms with Crippen LogP contribution in [-0.2, 0) is 21.3 Å². The molecular formula is C13H24N2O5S. The van der Waals surface area contributed by atoms with Gasteiger partial charge in [-0.15, -0.1) is 0 Å². The van der Waals surface area contributed by atoms with Crippen molar-refractivity contribution in [2.75, 3.05) is 26.8 Å². The van der Waals surface area contributed by atoms with Gasteiger partial charge < -0.3 is 19.6 Å². The van der Waals surface area contributed by atoms with Gasteiger partial charge in [-0.3, -0.25) is 0 Å². The molecule has 1 unspecified atom stereocenters. The summed E-state index contributed by atoms with van der Waals surface area (Å²) in [7, 11) is -2.01. The Bertz CT molecular complexity index is 498. The van der Waals surface area contributed by atoms with Gasteiger partial charge in [0.2, 0.25) is 5.09 Å². The van der Waals surface area contributed by atoms with E-state index in [4.69, 9.17) is 14.3 Å². The molecule has 21 heavy (non-hydrogen) atoms. The molecule has 1 rings (SSSR count). The smallest absolute Gasteiger partial charge is 0.273 e. The third-order valence-corrected chi connectivity index (χ3v) is 4.11. The van der Waals surface area contributed by atoms with Crippen LogP contribution >= 0.6 is 0 Å². The molecule has 0 fully saturated rings. The van der Waals surface area contributed by atoms with Gasteiger partial charge in [-0.25, -0.2) is 13.1 Å². The second-order valence-corrected chi connectivity index (χ2v) is 6.48. The molecule has 0 aromatic carbocycles. The molecule has 1 aromatic heterocycles. The van der Waals surface area contributed by atoms with Crippen LogP contribution in [0.5, 0.6) is 0 Å². The maximum Gasteiger partial charge on any atom is 0.273 e. The molecule has 0 radical (unpaired) electrons. The van der Waals surface area contributed by atoms with E-state index < -0.39 is 16.1 Å². The Morgan fingerprint density at radius 3 is 2.81 bits per heavy atom. The van der Waals surface area contributed by atoms with E-state index in [9.17, 15) is 8.42 Å². The Morgan fingerprint density at radius 1 is 1.38 bits per heavy atom. The summed E-state index contributed by atoms with van der Waals surface area (Å²) in [4.78, 5) is 0. The lowest BCUT2D eigenvalue weighted by molar-refractivity contribution is 0.182. The maximum atomic E-state index is 12.0. The lowest BCUT2D eigenvalue weighted by atomic mass is 10.2. The van der Waals surface area contributed by atoms with E-state index in [1.165, 1.54) is 6.07 Å². The largest absolute Gasteiger partial charge is 0.447 e. The van der Waals surface area contributed by atoms with E-state index in [0.717, 1.165) is 0 Å². The highest BCUT2D eigenvalue weighted by atomic mass is 32.2. The zero-order valence-corrected chi connectivity index (χ0v) is 13.3. The third-order valence-electron chi connectivity index (χ3n) is 2.77. The standard InChI is InChI=1S/C13H24N2O5S/c1-11(16)4-3-7-15-21(17,18)13-6-5-12(20-13)10-14-8-9-19-2/h5-6,11,14-16H,3-4,7-10H2,1-2H3. The van der Waals surface area contributed by atoms with Crippen LogP contribution in [0, 0.1) is 0 Å². The SMILES string of the molecule is COCCNCc1ccc(S(=O)(=O)NCCCC(C)O)o1. The van der Waals surface area contributed by atoms with Crippen molar-refractivity contribution in [1.29, 1.82) is 0 Å².